The van der Waals surface area contributed by atoms with E-state index in [1.165, 1.54) is 44.9 Å². The van der Waals surface area contributed by atoms with Gasteiger partial charge in [0, 0.05) is 0 Å². The summed E-state index contributed by atoms with van der Waals surface area (Å²) in [6.07, 6.45) is 12.7. The van der Waals surface area contributed by atoms with Crippen LogP contribution in [0.5, 0.6) is 0 Å². The fourth-order valence-corrected chi connectivity index (χ4v) is 3.11. The van der Waals surface area contributed by atoms with E-state index in [-0.39, 0.29) is 7.43 Å². The van der Waals surface area contributed by atoms with Crippen LogP contribution in [0.1, 0.15) is 86.5 Å². The minimum atomic E-state index is 0. The Morgan fingerprint density at radius 3 is 2.00 bits per heavy atom. The number of hydrogen-bond acceptors (Lipinski definition) is 2. The molecule has 0 heterocycles. The molecule has 2 nitrogen and oxygen atoms in total. The molecule has 0 radical (unpaired) electrons. The molecule has 1 aliphatic carbocycles. The molecule has 1 aliphatic rings. The summed E-state index contributed by atoms with van der Waals surface area (Å²) in [5.74, 6) is 0.746. The van der Waals surface area contributed by atoms with Crippen molar-refractivity contribution >= 4 is 0 Å². The molecule has 2 heteroatoms. The molecule has 0 aromatic heterocycles. The standard InChI is InChI=1S/C11H24N2.C9H18.C2H4.CH4/c1-13-9-5-8-11(10-12)6-3-2-4-7-11;1-6-7-9(4,5)8(2)3;1-2;/h13H,2-10,12H2,1H3;6,8H,1,7H2,2-5H3;1-2H2;1H4. The predicted octanol–water partition coefficient (Wildman–Crippen LogP) is 6.58. The van der Waals surface area contributed by atoms with E-state index in [1.54, 1.807) is 0 Å². The van der Waals surface area contributed by atoms with Crippen LogP contribution in [0.2, 0.25) is 0 Å². The van der Waals surface area contributed by atoms with Gasteiger partial charge in [-0.05, 0) is 69.0 Å². The Morgan fingerprint density at radius 2 is 1.68 bits per heavy atom. The Hall–Kier alpha value is -0.600. The van der Waals surface area contributed by atoms with Gasteiger partial charge in [0.25, 0.3) is 0 Å². The van der Waals surface area contributed by atoms with E-state index >= 15 is 0 Å². The molecule has 0 aromatic rings. The Labute approximate surface area is 160 Å². The highest BCUT2D eigenvalue weighted by Gasteiger charge is 2.29. The highest BCUT2D eigenvalue weighted by atomic mass is 14.8. The number of nitrogens with one attached hydrogen (secondary N) is 1. The van der Waals surface area contributed by atoms with E-state index in [9.17, 15) is 0 Å². The highest BCUT2D eigenvalue weighted by molar-refractivity contribution is 4.83. The van der Waals surface area contributed by atoms with Gasteiger partial charge in [-0.25, -0.2) is 0 Å². The first kappa shape index (κ1) is 29.2. The van der Waals surface area contributed by atoms with Gasteiger partial charge in [-0.3, -0.25) is 0 Å². The molecule has 3 N–H and O–H groups in total. The average Bonchev–Trinajstić information content (AvgIpc) is 2.58. The lowest BCUT2D eigenvalue weighted by Crippen LogP contribution is -2.33. The molecule has 1 saturated carbocycles. The Kier molecular flexibility index (Phi) is 19.7. The molecule has 25 heavy (non-hydrogen) atoms. The largest absolute Gasteiger partial charge is 0.330 e. The van der Waals surface area contributed by atoms with Gasteiger partial charge in [0.2, 0.25) is 0 Å². The van der Waals surface area contributed by atoms with Crippen LogP contribution in [-0.4, -0.2) is 20.1 Å². The summed E-state index contributed by atoms with van der Waals surface area (Å²) in [4.78, 5) is 0. The van der Waals surface area contributed by atoms with Crippen LogP contribution in [0.4, 0.5) is 0 Å². The van der Waals surface area contributed by atoms with Crippen LogP contribution in [0.25, 0.3) is 0 Å². The summed E-state index contributed by atoms with van der Waals surface area (Å²) in [5, 5.41) is 3.21. The van der Waals surface area contributed by atoms with Crippen molar-refractivity contribution in [3.63, 3.8) is 0 Å². The minimum absolute atomic E-state index is 0. The molecule has 0 aromatic carbocycles. The Balaban J connectivity index is -0.000000358. The minimum Gasteiger partial charge on any atom is -0.330 e. The second-order valence-corrected chi connectivity index (χ2v) is 8.11. The summed E-state index contributed by atoms with van der Waals surface area (Å²) in [7, 11) is 2.02. The number of nitrogens with two attached hydrogens (primary N) is 1. The molecule has 0 bridgehead atoms. The SMILES string of the molecule is C.C=C.C=CCC(C)(C)C(C)C.CNCCCC1(CN)CCCCC1. The molecule has 1 fully saturated rings. The van der Waals surface area contributed by atoms with E-state index in [0.29, 0.717) is 10.8 Å². The molecule has 152 valence electrons. The molecule has 0 amide bonds. The zero-order valence-corrected chi connectivity index (χ0v) is 17.4. The number of allylic oxidation sites excluding steroid dienone is 1. The van der Waals surface area contributed by atoms with Gasteiger partial charge in [-0.15, -0.1) is 19.7 Å². The molecular weight excluding hydrogens is 304 g/mol. The zero-order valence-electron chi connectivity index (χ0n) is 17.4. The highest BCUT2D eigenvalue weighted by Crippen LogP contribution is 2.39. The van der Waals surface area contributed by atoms with Crippen LogP contribution in [-0.2, 0) is 0 Å². The first-order valence-corrected chi connectivity index (χ1v) is 9.79. The van der Waals surface area contributed by atoms with Crippen molar-refractivity contribution in [2.45, 2.75) is 86.5 Å². The van der Waals surface area contributed by atoms with Crippen molar-refractivity contribution in [1.82, 2.24) is 5.32 Å². The van der Waals surface area contributed by atoms with Crippen molar-refractivity contribution < 1.29 is 0 Å². The first-order valence-electron chi connectivity index (χ1n) is 9.79. The van der Waals surface area contributed by atoms with Crippen molar-refractivity contribution in [3.8, 4) is 0 Å². The predicted molar refractivity (Wildman–Crippen MR) is 119 cm³/mol. The van der Waals surface area contributed by atoms with Crippen molar-refractivity contribution in [2.75, 3.05) is 20.1 Å². The van der Waals surface area contributed by atoms with Crippen LogP contribution in [0, 0.1) is 16.7 Å². The lowest BCUT2D eigenvalue weighted by atomic mass is 9.71. The lowest BCUT2D eigenvalue weighted by Gasteiger charge is -2.36. The van der Waals surface area contributed by atoms with Gasteiger partial charge in [0.15, 0.2) is 0 Å². The van der Waals surface area contributed by atoms with Crippen LogP contribution in [0.15, 0.2) is 25.8 Å². The van der Waals surface area contributed by atoms with E-state index in [4.69, 9.17) is 5.73 Å². The van der Waals surface area contributed by atoms with Crippen LogP contribution >= 0.6 is 0 Å². The third kappa shape index (κ3) is 13.3. The van der Waals surface area contributed by atoms with Crippen molar-refractivity contribution in [2.24, 2.45) is 22.5 Å². The maximum Gasteiger partial charge on any atom is -0.00205 e. The van der Waals surface area contributed by atoms with E-state index < -0.39 is 0 Å². The molecule has 0 spiro atoms. The second kappa shape index (κ2) is 16.8. The smallest absolute Gasteiger partial charge is 0.00205 e. The van der Waals surface area contributed by atoms with Gasteiger partial charge in [0.1, 0.15) is 0 Å². The Morgan fingerprint density at radius 1 is 1.16 bits per heavy atom. The molecule has 0 atom stereocenters. The van der Waals surface area contributed by atoms with Crippen molar-refractivity contribution in [3.05, 3.63) is 25.8 Å². The third-order valence-electron chi connectivity index (χ3n) is 5.71. The van der Waals surface area contributed by atoms with Crippen molar-refractivity contribution in [1.29, 1.82) is 0 Å². The second-order valence-electron chi connectivity index (χ2n) is 8.11. The van der Waals surface area contributed by atoms with Gasteiger partial charge in [-0.1, -0.05) is 60.5 Å². The van der Waals surface area contributed by atoms with Gasteiger partial charge in [-0.2, -0.15) is 0 Å². The monoisotopic (exact) mass is 354 g/mol. The fraction of sp³-hybridized carbons (Fsp3) is 0.826. The van der Waals surface area contributed by atoms with Gasteiger partial charge < -0.3 is 11.1 Å². The maximum atomic E-state index is 5.90. The molecular formula is C23H50N2. The summed E-state index contributed by atoms with van der Waals surface area (Å²) in [6, 6.07) is 0. The molecule has 0 aliphatic heterocycles. The summed E-state index contributed by atoms with van der Waals surface area (Å²) in [6.45, 7) is 20.8. The summed E-state index contributed by atoms with van der Waals surface area (Å²) < 4.78 is 0. The summed E-state index contributed by atoms with van der Waals surface area (Å²) >= 11 is 0. The van der Waals surface area contributed by atoms with E-state index in [2.05, 4.69) is 52.7 Å². The normalized spacial score (nSPS) is 15.8. The average molecular weight is 355 g/mol. The fourth-order valence-electron chi connectivity index (χ4n) is 3.11. The first-order chi connectivity index (χ1) is 11.3. The quantitative estimate of drug-likeness (QED) is 0.382. The molecule has 1 rings (SSSR count). The van der Waals surface area contributed by atoms with Crippen LogP contribution < -0.4 is 11.1 Å². The van der Waals surface area contributed by atoms with Crippen LogP contribution in [0.3, 0.4) is 0 Å². The number of hydrogen-bond donors (Lipinski definition) is 2. The molecule has 0 saturated heterocycles. The van der Waals surface area contributed by atoms with E-state index in [0.717, 1.165) is 25.4 Å². The zero-order chi connectivity index (χ0) is 19.1. The number of rotatable bonds is 8. The maximum absolute atomic E-state index is 5.90. The third-order valence-corrected chi connectivity index (χ3v) is 5.71. The van der Waals surface area contributed by atoms with Gasteiger partial charge >= 0.3 is 0 Å². The lowest BCUT2D eigenvalue weighted by molar-refractivity contribution is 0.178. The topological polar surface area (TPSA) is 38.0 Å². The van der Waals surface area contributed by atoms with E-state index in [1.807, 2.05) is 13.1 Å². The summed E-state index contributed by atoms with van der Waals surface area (Å²) in [5.41, 5.74) is 6.84. The van der Waals surface area contributed by atoms with Gasteiger partial charge in [0.05, 0.1) is 0 Å². The molecule has 0 unspecified atom stereocenters. The Bertz CT molecular complexity index is 288.